The van der Waals surface area contributed by atoms with Crippen molar-refractivity contribution in [2.75, 3.05) is 0 Å². The van der Waals surface area contributed by atoms with Gasteiger partial charge in [-0.3, -0.25) is 0 Å². The van der Waals surface area contributed by atoms with Gasteiger partial charge in [-0.1, -0.05) is 53.5 Å². The third-order valence-electron chi connectivity index (χ3n) is 2.39. The third kappa shape index (κ3) is 2.28. The number of halogens is 2. The molecule has 0 fully saturated rings. The lowest BCUT2D eigenvalue weighted by atomic mass is 10.00. The molecule has 0 heterocycles. The van der Waals surface area contributed by atoms with E-state index in [1.807, 2.05) is 0 Å². The van der Waals surface area contributed by atoms with Crippen molar-refractivity contribution in [3.05, 3.63) is 58.1 Å². The van der Waals surface area contributed by atoms with Gasteiger partial charge in [0.2, 0.25) is 0 Å². The van der Waals surface area contributed by atoms with Gasteiger partial charge in [-0.25, -0.2) is 4.79 Å². The van der Waals surface area contributed by atoms with Gasteiger partial charge >= 0.3 is 5.97 Å². The predicted octanol–water partition coefficient (Wildman–Crippen LogP) is 4.36. The van der Waals surface area contributed by atoms with E-state index >= 15 is 0 Å². The quantitative estimate of drug-likeness (QED) is 0.877. The molecule has 0 atom stereocenters. The maximum atomic E-state index is 11.2. The Labute approximate surface area is 108 Å². The van der Waals surface area contributed by atoms with Crippen LogP contribution in [0.4, 0.5) is 0 Å². The van der Waals surface area contributed by atoms with Crippen molar-refractivity contribution in [3.8, 4) is 11.1 Å². The average Bonchev–Trinajstić information content (AvgIpc) is 2.28. The van der Waals surface area contributed by atoms with Gasteiger partial charge < -0.3 is 5.11 Å². The van der Waals surface area contributed by atoms with Crippen molar-refractivity contribution in [1.82, 2.24) is 0 Å². The Morgan fingerprint density at radius 2 is 1.47 bits per heavy atom. The van der Waals surface area contributed by atoms with Crippen LogP contribution in [-0.2, 0) is 0 Å². The lowest BCUT2D eigenvalue weighted by Gasteiger charge is -2.09. The van der Waals surface area contributed by atoms with E-state index in [-0.39, 0.29) is 10.6 Å². The summed E-state index contributed by atoms with van der Waals surface area (Å²) < 4.78 is 0. The second-order valence-electron chi connectivity index (χ2n) is 3.45. The minimum atomic E-state index is -1.06. The van der Waals surface area contributed by atoms with Crippen LogP contribution in [0, 0.1) is 0 Å². The van der Waals surface area contributed by atoms with Crippen molar-refractivity contribution in [2.24, 2.45) is 0 Å². The highest BCUT2D eigenvalue weighted by Crippen LogP contribution is 2.33. The lowest BCUT2D eigenvalue weighted by molar-refractivity contribution is 0.0698. The third-order valence-corrected chi connectivity index (χ3v) is 3.04. The fourth-order valence-electron chi connectivity index (χ4n) is 1.65. The first-order chi connectivity index (χ1) is 8.11. The Kier molecular flexibility index (Phi) is 3.36. The molecule has 0 aromatic heterocycles. The van der Waals surface area contributed by atoms with E-state index in [2.05, 4.69) is 0 Å². The zero-order valence-corrected chi connectivity index (χ0v) is 10.2. The van der Waals surface area contributed by atoms with E-state index in [0.717, 1.165) is 0 Å². The van der Waals surface area contributed by atoms with Crippen LogP contribution in [0.3, 0.4) is 0 Å². The van der Waals surface area contributed by atoms with Gasteiger partial charge in [-0.2, -0.15) is 0 Å². The molecule has 0 spiro atoms. The summed E-state index contributed by atoms with van der Waals surface area (Å²) in [5.41, 5.74) is 1.26. The highest BCUT2D eigenvalue weighted by molar-refractivity contribution is 6.35. The summed E-state index contributed by atoms with van der Waals surface area (Å²) in [7, 11) is 0. The number of carbonyl (C=O) groups is 1. The number of carboxylic acid groups (broad SMARTS) is 1. The minimum absolute atomic E-state index is 0.0715. The largest absolute Gasteiger partial charge is 0.478 e. The first kappa shape index (κ1) is 12.0. The lowest BCUT2D eigenvalue weighted by Crippen LogP contribution is -2.00. The van der Waals surface area contributed by atoms with E-state index in [1.165, 1.54) is 0 Å². The van der Waals surface area contributed by atoms with Crippen LogP contribution < -0.4 is 0 Å². The van der Waals surface area contributed by atoms with Crippen molar-refractivity contribution in [3.63, 3.8) is 0 Å². The monoisotopic (exact) mass is 266 g/mol. The van der Waals surface area contributed by atoms with E-state index in [0.29, 0.717) is 16.1 Å². The van der Waals surface area contributed by atoms with Gasteiger partial charge in [0.1, 0.15) is 0 Å². The van der Waals surface area contributed by atoms with Gasteiger partial charge in [0, 0.05) is 10.6 Å². The van der Waals surface area contributed by atoms with Gasteiger partial charge in [0.15, 0.2) is 0 Å². The summed E-state index contributed by atoms with van der Waals surface area (Å²) in [5.74, 6) is -1.06. The Bertz CT molecular complexity index is 579. The standard InChI is InChI=1S/C13H8Cl2O2/c14-10-6-2-1-4-8(10)9-5-3-7-11(15)12(9)13(16)17/h1-7H,(H,16,17). The van der Waals surface area contributed by atoms with Gasteiger partial charge in [-0.05, 0) is 17.7 Å². The molecule has 0 radical (unpaired) electrons. The maximum absolute atomic E-state index is 11.2. The molecule has 2 nitrogen and oxygen atoms in total. The molecule has 86 valence electrons. The van der Waals surface area contributed by atoms with Crippen molar-refractivity contribution in [1.29, 1.82) is 0 Å². The van der Waals surface area contributed by atoms with Crippen LogP contribution in [0.15, 0.2) is 42.5 Å². The number of carboxylic acids is 1. The molecular formula is C13H8Cl2O2. The molecule has 2 aromatic carbocycles. The van der Waals surface area contributed by atoms with Crippen LogP contribution in [0.1, 0.15) is 10.4 Å². The Hall–Kier alpha value is -1.51. The summed E-state index contributed by atoms with van der Waals surface area (Å²) in [6.07, 6.45) is 0. The molecule has 0 amide bonds. The molecule has 17 heavy (non-hydrogen) atoms. The first-order valence-electron chi connectivity index (χ1n) is 4.88. The van der Waals surface area contributed by atoms with Gasteiger partial charge in [0.25, 0.3) is 0 Å². The molecule has 0 aliphatic carbocycles. The predicted molar refractivity (Wildman–Crippen MR) is 68.9 cm³/mol. The molecule has 0 aliphatic rings. The number of aromatic carboxylic acids is 1. The second kappa shape index (κ2) is 4.78. The molecular weight excluding hydrogens is 259 g/mol. The molecule has 0 unspecified atom stereocenters. The zero-order valence-electron chi connectivity index (χ0n) is 8.65. The van der Waals surface area contributed by atoms with E-state index in [9.17, 15) is 9.90 Å². The summed E-state index contributed by atoms with van der Waals surface area (Å²) in [5, 5.41) is 9.87. The fraction of sp³-hybridized carbons (Fsp3) is 0. The number of hydrogen-bond donors (Lipinski definition) is 1. The Morgan fingerprint density at radius 1 is 0.882 bits per heavy atom. The van der Waals surface area contributed by atoms with Crippen molar-refractivity contribution >= 4 is 29.2 Å². The summed E-state index contributed by atoms with van der Waals surface area (Å²) in [6.45, 7) is 0. The first-order valence-corrected chi connectivity index (χ1v) is 5.63. The normalized spacial score (nSPS) is 10.2. The van der Waals surface area contributed by atoms with Crippen molar-refractivity contribution < 1.29 is 9.90 Å². The number of benzene rings is 2. The van der Waals surface area contributed by atoms with E-state index in [1.54, 1.807) is 42.5 Å². The smallest absolute Gasteiger partial charge is 0.337 e. The highest BCUT2D eigenvalue weighted by atomic mass is 35.5. The highest BCUT2D eigenvalue weighted by Gasteiger charge is 2.16. The van der Waals surface area contributed by atoms with Crippen LogP contribution in [0.2, 0.25) is 10.0 Å². The van der Waals surface area contributed by atoms with Crippen LogP contribution in [0.5, 0.6) is 0 Å². The summed E-state index contributed by atoms with van der Waals surface area (Å²) in [6, 6.07) is 12.0. The van der Waals surface area contributed by atoms with Gasteiger partial charge in [-0.15, -0.1) is 0 Å². The molecule has 4 heteroatoms. The minimum Gasteiger partial charge on any atom is -0.478 e. The van der Waals surface area contributed by atoms with E-state index in [4.69, 9.17) is 23.2 Å². The Morgan fingerprint density at radius 3 is 2.12 bits per heavy atom. The average molecular weight is 267 g/mol. The Balaban J connectivity index is 2.72. The van der Waals surface area contributed by atoms with Gasteiger partial charge in [0.05, 0.1) is 10.6 Å². The molecule has 0 saturated heterocycles. The summed E-state index contributed by atoms with van der Waals surface area (Å²) in [4.78, 5) is 11.2. The number of hydrogen-bond acceptors (Lipinski definition) is 1. The molecule has 0 aliphatic heterocycles. The SMILES string of the molecule is O=C(O)c1c(Cl)cccc1-c1ccccc1Cl. The molecule has 0 saturated carbocycles. The van der Waals surface area contributed by atoms with Crippen LogP contribution in [-0.4, -0.2) is 11.1 Å². The fourth-order valence-corrected chi connectivity index (χ4v) is 2.14. The van der Waals surface area contributed by atoms with Crippen molar-refractivity contribution in [2.45, 2.75) is 0 Å². The molecule has 0 bridgehead atoms. The van der Waals surface area contributed by atoms with Crippen LogP contribution >= 0.6 is 23.2 Å². The molecule has 1 N–H and O–H groups in total. The number of rotatable bonds is 2. The zero-order chi connectivity index (χ0) is 12.4. The van der Waals surface area contributed by atoms with E-state index < -0.39 is 5.97 Å². The van der Waals surface area contributed by atoms with Crippen LogP contribution in [0.25, 0.3) is 11.1 Å². The molecule has 2 rings (SSSR count). The topological polar surface area (TPSA) is 37.3 Å². The second-order valence-corrected chi connectivity index (χ2v) is 4.26. The molecule has 2 aromatic rings. The maximum Gasteiger partial charge on any atom is 0.337 e. The summed E-state index contributed by atoms with van der Waals surface area (Å²) >= 11 is 12.0.